The molecule has 2 saturated heterocycles. The van der Waals surface area contributed by atoms with Gasteiger partial charge in [-0.3, -0.25) is 9.36 Å². The highest BCUT2D eigenvalue weighted by atomic mass is 32.5. The van der Waals surface area contributed by atoms with Gasteiger partial charge in [-0.05, 0) is 24.3 Å². The van der Waals surface area contributed by atoms with Crippen LogP contribution < -0.4 is 11.3 Å². The SMILES string of the molecule is Nc1ncnc2c1ncn2[C@@H]1O[C@H](CO)C[C@H]1P(O)(=S)OC[C@H]1O[C@@H](n2ccc3c(=O)[nH]cnc32)C(F)C[C@@H]1O. The molecule has 0 spiro atoms. The van der Waals surface area contributed by atoms with Crippen LogP contribution in [-0.2, 0) is 25.8 Å². The molecule has 0 radical (unpaired) electrons. The van der Waals surface area contributed by atoms with Crippen LogP contribution in [0.4, 0.5) is 10.2 Å². The van der Waals surface area contributed by atoms with E-state index in [1.807, 2.05) is 0 Å². The number of nitrogen functional groups attached to an aromatic ring is 1. The number of halogens is 1. The number of aromatic amines is 1. The van der Waals surface area contributed by atoms with Crippen molar-refractivity contribution in [3.63, 3.8) is 0 Å². The monoisotopic (exact) mass is 596 g/mol. The summed E-state index contributed by atoms with van der Waals surface area (Å²) in [6, 6.07) is 1.50. The number of aromatic nitrogens is 7. The number of H-pyrrole nitrogens is 1. The fourth-order valence-corrected chi connectivity index (χ4v) is 7.50. The molecule has 4 aromatic rings. The number of nitrogens with zero attached hydrogens (tertiary/aromatic N) is 6. The van der Waals surface area contributed by atoms with E-state index >= 15 is 4.39 Å². The number of hydrogen-bond acceptors (Lipinski definition) is 12. The van der Waals surface area contributed by atoms with E-state index in [4.69, 9.17) is 31.5 Å². The molecular formula is C22H26FN8O7PS. The largest absolute Gasteiger partial charge is 0.394 e. The van der Waals surface area contributed by atoms with E-state index in [0.29, 0.717) is 11.2 Å². The quantitative estimate of drug-likeness (QED) is 0.180. The van der Waals surface area contributed by atoms with E-state index in [2.05, 4.69) is 24.9 Å². The molecule has 0 saturated carbocycles. The summed E-state index contributed by atoms with van der Waals surface area (Å²) in [5, 5.41) is 20.6. The van der Waals surface area contributed by atoms with Crippen molar-refractivity contribution in [3.05, 3.63) is 41.6 Å². The summed E-state index contributed by atoms with van der Waals surface area (Å²) in [7, 11) is 0. The van der Waals surface area contributed by atoms with Crippen molar-refractivity contribution < 1.29 is 33.5 Å². The second-order valence-electron chi connectivity index (χ2n) is 9.65. The third-order valence-corrected chi connectivity index (χ3v) is 10.1. The Kier molecular flexibility index (Phi) is 7.16. The molecule has 214 valence electrons. The van der Waals surface area contributed by atoms with Gasteiger partial charge in [0.2, 0.25) is 0 Å². The second kappa shape index (κ2) is 10.5. The molecule has 2 fully saturated rings. The molecule has 2 aliphatic heterocycles. The standard InChI is InChI=1S/C22H26FN8O7PS/c23-12-4-13(33)14(38-21(12)30-2-1-11-18(30)26-8-28-20(11)34)6-36-39(35,40)15-3-10(5-32)37-22(15)31-9-29-16-17(24)25-7-27-19(16)31/h1-2,7-10,12-15,21-22,32-33H,3-6H2,(H,35,40)(H2,24,25,27)(H,26,28,34)/t10-,12?,13-,14+,15+,21+,22+,39?/m0/s1. The van der Waals surface area contributed by atoms with Crippen LogP contribution in [-0.4, -0.2) is 92.5 Å². The summed E-state index contributed by atoms with van der Waals surface area (Å²) in [6.07, 6.45) is -1.36. The third kappa shape index (κ3) is 4.71. The lowest BCUT2D eigenvalue weighted by molar-refractivity contribution is -0.186. The van der Waals surface area contributed by atoms with Crippen LogP contribution in [0.25, 0.3) is 22.2 Å². The van der Waals surface area contributed by atoms with Gasteiger partial charge in [0.25, 0.3) is 5.56 Å². The number of nitrogens with two attached hydrogens (primary N) is 1. The van der Waals surface area contributed by atoms with Gasteiger partial charge < -0.3 is 44.4 Å². The fourth-order valence-electron chi connectivity index (χ4n) is 5.16. The topological polar surface area (TPSA) is 209 Å². The van der Waals surface area contributed by atoms with Crippen molar-refractivity contribution in [1.29, 1.82) is 0 Å². The van der Waals surface area contributed by atoms with Crippen molar-refractivity contribution in [3.8, 4) is 0 Å². The number of ether oxygens (including phenoxy) is 2. The van der Waals surface area contributed by atoms with Gasteiger partial charge in [-0.1, -0.05) is 0 Å². The maximum Gasteiger partial charge on any atom is 0.260 e. The van der Waals surface area contributed by atoms with Crippen LogP contribution in [0.1, 0.15) is 25.3 Å². The Morgan fingerprint density at radius 3 is 2.83 bits per heavy atom. The van der Waals surface area contributed by atoms with Crippen molar-refractivity contribution in [2.24, 2.45) is 0 Å². The highest BCUT2D eigenvalue weighted by molar-refractivity contribution is 8.09. The first kappa shape index (κ1) is 27.3. The number of nitrogens with one attached hydrogen (secondary N) is 1. The molecule has 2 aliphatic rings. The van der Waals surface area contributed by atoms with Crippen LogP contribution in [0.3, 0.4) is 0 Å². The number of alkyl halides is 1. The van der Waals surface area contributed by atoms with Crippen molar-refractivity contribution in [2.75, 3.05) is 18.9 Å². The van der Waals surface area contributed by atoms with E-state index < -0.39 is 49.1 Å². The number of hydrogen-bond donors (Lipinski definition) is 5. The number of imidazole rings is 1. The van der Waals surface area contributed by atoms with Gasteiger partial charge in [-0.2, -0.15) is 0 Å². The minimum atomic E-state index is -3.69. The molecule has 15 nitrogen and oxygen atoms in total. The van der Waals surface area contributed by atoms with Crippen LogP contribution in [0.5, 0.6) is 0 Å². The number of fused-ring (bicyclic) bond motifs is 2. The molecule has 0 aromatic carbocycles. The number of rotatable bonds is 7. The van der Waals surface area contributed by atoms with Crippen molar-refractivity contribution >= 4 is 46.3 Å². The summed E-state index contributed by atoms with van der Waals surface area (Å²) in [5.74, 6) is 0.163. The van der Waals surface area contributed by atoms with Crippen LogP contribution in [0.2, 0.25) is 0 Å². The second-order valence-corrected chi connectivity index (χ2v) is 13.3. The molecule has 2 unspecified atom stereocenters. The maximum absolute atomic E-state index is 15.0. The minimum absolute atomic E-state index is 0.163. The molecule has 6 rings (SSSR count). The Hall–Kier alpha value is -2.89. The Morgan fingerprint density at radius 1 is 1.20 bits per heavy atom. The van der Waals surface area contributed by atoms with Crippen molar-refractivity contribution in [1.82, 2.24) is 34.1 Å². The molecule has 0 bridgehead atoms. The Labute approximate surface area is 229 Å². The zero-order valence-corrected chi connectivity index (χ0v) is 22.4. The van der Waals surface area contributed by atoms with Crippen LogP contribution in [0, 0.1) is 0 Å². The first-order valence-electron chi connectivity index (χ1n) is 12.4. The smallest absolute Gasteiger partial charge is 0.260 e. The first-order valence-corrected chi connectivity index (χ1v) is 15.1. The Bertz CT molecular complexity index is 1650. The summed E-state index contributed by atoms with van der Waals surface area (Å²) in [6.45, 7) is -4.36. The van der Waals surface area contributed by atoms with E-state index in [-0.39, 0.29) is 48.5 Å². The average Bonchev–Trinajstić information content (AvgIpc) is 3.66. The number of anilines is 1. The molecule has 8 atom stereocenters. The molecule has 0 aliphatic carbocycles. The highest BCUT2D eigenvalue weighted by Gasteiger charge is 2.47. The number of aliphatic hydroxyl groups is 2. The normalized spacial score (nSPS) is 30.6. The zero-order valence-electron chi connectivity index (χ0n) is 20.7. The van der Waals surface area contributed by atoms with Gasteiger partial charge in [-0.15, -0.1) is 0 Å². The van der Waals surface area contributed by atoms with E-state index in [0.717, 1.165) is 0 Å². The maximum atomic E-state index is 15.0. The van der Waals surface area contributed by atoms with Crippen molar-refractivity contribution in [2.45, 2.75) is 55.4 Å². The summed E-state index contributed by atoms with van der Waals surface area (Å²) < 4.78 is 35.6. The highest BCUT2D eigenvalue weighted by Crippen LogP contribution is 2.57. The van der Waals surface area contributed by atoms with Gasteiger partial charge >= 0.3 is 0 Å². The van der Waals surface area contributed by atoms with Crippen LogP contribution in [0.15, 0.2) is 36.0 Å². The molecule has 4 aromatic heterocycles. The summed E-state index contributed by atoms with van der Waals surface area (Å²) in [4.78, 5) is 42.4. The molecule has 40 heavy (non-hydrogen) atoms. The first-order chi connectivity index (χ1) is 19.2. The fraction of sp³-hybridized carbons (Fsp3) is 0.500. The lowest BCUT2D eigenvalue weighted by atomic mass is 10.0. The molecule has 6 heterocycles. The van der Waals surface area contributed by atoms with Gasteiger partial charge in [0.1, 0.15) is 36.0 Å². The molecule has 18 heteroatoms. The number of aliphatic hydroxyl groups excluding tert-OH is 2. The lowest BCUT2D eigenvalue weighted by Crippen LogP contribution is -2.45. The molecule has 0 amide bonds. The average molecular weight is 597 g/mol. The summed E-state index contributed by atoms with van der Waals surface area (Å²) in [5.41, 5.74) is 5.63. The molecular weight excluding hydrogens is 570 g/mol. The van der Waals surface area contributed by atoms with E-state index in [1.165, 1.54) is 35.8 Å². The lowest BCUT2D eigenvalue weighted by Gasteiger charge is -2.37. The zero-order chi connectivity index (χ0) is 28.2. The summed E-state index contributed by atoms with van der Waals surface area (Å²) >= 11 is 5.55. The van der Waals surface area contributed by atoms with E-state index in [1.54, 1.807) is 4.57 Å². The van der Waals surface area contributed by atoms with Gasteiger partial charge in [0.05, 0.1) is 49.1 Å². The van der Waals surface area contributed by atoms with Gasteiger partial charge in [0, 0.05) is 12.6 Å². The minimum Gasteiger partial charge on any atom is -0.394 e. The van der Waals surface area contributed by atoms with Gasteiger partial charge in [-0.25, -0.2) is 24.3 Å². The molecule has 6 N–H and O–H groups in total. The van der Waals surface area contributed by atoms with E-state index in [9.17, 15) is 19.9 Å². The van der Waals surface area contributed by atoms with Gasteiger partial charge in [0.15, 0.2) is 24.2 Å². The third-order valence-electron chi connectivity index (χ3n) is 7.18. The Balaban J connectivity index is 1.22. The predicted molar refractivity (Wildman–Crippen MR) is 141 cm³/mol. The Morgan fingerprint density at radius 2 is 2.02 bits per heavy atom. The predicted octanol–water partition coefficient (Wildman–Crippen LogP) is 0.1000. The van der Waals surface area contributed by atoms with Crippen LogP contribution >= 0.6 is 6.49 Å².